The number of nitrogens with one attached hydrogen (secondary N) is 2. The van der Waals surface area contributed by atoms with E-state index in [1.807, 2.05) is 0 Å². The van der Waals surface area contributed by atoms with E-state index in [1.165, 1.54) is 0 Å². The molecule has 6 aliphatic rings. The summed E-state index contributed by atoms with van der Waals surface area (Å²) >= 11 is 0. The van der Waals surface area contributed by atoms with Crippen LogP contribution in [0.15, 0.2) is 0 Å². The van der Waals surface area contributed by atoms with Crippen molar-refractivity contribution in [2.45, 2.75) is 87.6 Å². The van der Waals surface area contributed by atoms with Crippen LogP contribution in [-0.4, -0.2) is 54.5 Å². The number of hydrogen-bond donors (Lipinski definition) is 2. The Balaban J connectivity index is 1.38. The zero-order valence-electron chi connectivity index (χ0n) is 15.3. The number of halogens is 1. The molecule has 2 N–H and O–H groups in total. The van der Waals surface area contributed by atoms with Gasteiger partial charge in [-0.3, -0.25) is 14.9 Å². The van der Waals surface area contributed by atoms with Gasteiger partial charge in [-0.2, -0.15) is 0 Å². The van der Waals surface area contributed by atoms with Crippen LogP contribution < -0.4 is 10.6 Å². The summed E-state index contributed by atoms with van der Waals surface area (Å²) in [5, 5.41) is 6.20. The largest absolute Gasteiger partial charge is 0.369 e. The predicted octanol–water partition coefficient (Wildman–Crippen LogP) is 1.08. The molecule has 0 bridgehead atoms. The Morgan fingerprint density at radius 3 is 2.37 bits per heavy atom. The molecule has 11 atom stereocenters. The zero-order valence-corrected chi connectivity index (χ0v) is 15.3. The molecule has 6 nitrogen and oxygen atoms in total. The van der Waals surface area contributed by atoms with Crippen LogP contribution in [0, 0.1) is 23.7 Å². The molecule has 3 saturated heterocycles. The lowest BCUT2D eigenvalue weighted by Gasteiger charge is -2.52. The van der Waals surface area contributed by atoms with Crippen molar-refractivity contribution in [2.24, 2.45) is 23.7 Å². The molecule has 3 aliphatic heterocycles. The highest BCUT2D eigenvalue weighted by atomic mass is 19.1. The summed E-state index contributed by atoms with van der Waals surface area (Å²) in [5.74, 6) is -0.943. The van der Waals surface area contributed by atoms with Gasteiger partial charge in [0.25, 0.3) is 0 Å². The van der Waals surface area contributed by atoms with Crippen LogP contribution in [0.3, 0.4) is 0 Å². The molecule has 27 heavy (non-hydrogen) atoms. The lowest BCUT2D eigenvalue weighted by atomic mass is 9.62. The maximum Gasteiger partial charge on any atom is 0.233 e. The molecule has 6 fully saturated rings. The van der Waals surface area contributed by atoms with Gasteiger partial charge in [0.1, 0.15) is 12.3 Å². The number of imide groups is 1. The maximum atomic E-state index is 14.0. The monoisotopic (exact) mass is 378 g/mol. The van der Waals surface area contributed by atoms with Crippen LogP contribution >= 0.6 is 0 Å². The molecule has 148 valence electrons. The van der Waals surface area contributed by atoms with Crippen molar-refractivity contribution < 1.29 is 23.5 Å². The first-order valence-electron chi connectivity index (χ1n) is 10.7. The normalized spacial score (nSPS) is 56.4. The van der Waals surface area contributed by atoms with Gasteiger partial charge in [-0.1, -0.05) is 12.8 Å². The fourth-order valence-corrected chi connectivity index (χ4v) is 7.12. The van der Waals surface area contributed by atoms with Crippen molar-refractivity contribution in [1.82, 2.24) is 10.6 Å². The number of carbonyl (C=O) groups is 2. The van der Waals surface area contributed by atoms with E-state index in [2.05, 4.69) is 10.6 Å². The highest BCUT2D eigenvalue weighted by Crippen LogP contribution is 2.53. The summed E-state index contributed by atoms with van der Waals surface area (Å²) in [4.78, 5) is 25.4. The van der Waals surface area contributed by atoms with Crippen molar-refractivity contribution in [2.75, 3.05) is 0 Å². The molecule has 3 saturated carbocycles. The highest BCUT2D eigenvalue weighted by molar-refractivity contribution is 6.05. The summed E-state index contributed by atoms with van der Waals surface area (Å²) in [6, 6.07) is 0.0374. The smallest absolute Gasteiger partial charge is 0.233 e. The Morgan fingerprint density at radius 1 is 0.889 bits per heavy atom. The Bertz CT molecular complexity index is 674. The van der Waals surface area contributed by atoms with E-state index in [-0.39, 0.29) is 66.1 Å². The molecular formula is C20H27FN2O4. The molecule has 3 aliphatic carbocycles. The average molecular weight is 378 g/mol. The summed E-state index contributed by atoms with van der Waals surface area (Å²) in [5.41, 5.74) is 0. The third-order valence-corrected chi connectivity index (χ3v) is 8.15. The second-order valence-corrected chi connectivity index (χ2v) is 9.42. The zero-order chi connectivity index (χ0) is 18.3. The van der Waals surface area contributed by atoms with Gasteiger partial charge in [0.15, 0.2) is 0 Å². The Hall–Kier alpha value is -1.05. The minimum absolute atomic E-state index is 0.0274. The summed E-state index contributed by atoms with van der Waals surface area (Å²) < 4.78 is 27.0. The van der Waals surface area contributed by atoms with Crippen LogP contribution in [0.25, 0.3) is 0 Å². The van der Waals surface area contributed by atoms with Gasteiger partial charge in [-0.25, -0.2) is 4.39 Å². The standard InChI is InChI=1S/C20H27FN2O4/c21-8-5-6-9-10(7-8)22-16-13(9)14-15(20(25)23-19(14)24)17-18(16)27-12-4-2-1-3-11(12)26-17/h8-18,22H,1-7H2,(H,23,24,25). The van der Waals surface area contributed by atoms with Gasteiger partial charge in [-0.05, 0) is 43.9 Å². The predicted molar refractivity (Wildman–Crippen MR) is 92.4 cm³/mol. The second-order valence-electron chi connectivity index (χ2n) is 9.42. The van der Waals surface area contributed by atoms with Crippen LogP contribution in [0.4, 0.5) is 4.39 Å². The lowest BCUT2D eigenvalue weighted by Crippen LogP contribution is -2.66. The van der Waals surface area contributed by atoms with Gasteiger partial charge >= 0.3 is 0 Å². The molecule has 0 aromatic rings. The Kier molecular flexibility index (Phi) is 3.73. The lowest BCUT2D eigenvalue weighted by molar-refractivity contribution is -0.265. The topological polar surface area (TPSA) is 76.7 Å². The highest BCUT2D eigenvalue weighted by Gasteiger charge is 2.67. The van der Waals surface area contributed by atoms with Crippen LogP contribution in [0.5, 0.6) is 0 Å². The third kappa shape index (κ3) is 2.34. The molecule has 7 heteroatoms. The van der Waals surface area contributed by atoms with Gasteiger partial charge in [0.05, 0.1) is 30.1 Å². The van der Waals surface area contributed by atoms with E-state index in [9.17, 15) is 14.0 Å². The van der Waals surface area contributed by atoms with Crippen molar-refractivity contribution in [3.05, 3.63) is 0 Å². The number of ether oxygens (including phenoxy) is 2. The van der Waals surface area contributed by atoms with E-state index in [0.717, 1.165) is 32.1 Å². The second kappa shape index (κ2) is 5.97. The van der Waals surface area contributed by atoms with Crippen LogP contribution in [0.2, 0.25) is 0 Å². The summed E-state index contributed by atoms with van der Waals surface area (Å²) in [7, 11) is 0. The number of carbonyl (C=O) groups excluding carboxylic acids is 2. The van der Waals surface area contributed by atoms with Gasteiger partial charge in [-0.15, -0.1) is 0 Å². The van der Waals surface area contributed by atoms with Gasteiger partial charge in [0, 0.05) is 12.1 Å². The number of hydrogen-bond acceptors (Lipinski definition) is 5. The van der Waals surface area contributed by atoms with Gasteiger partial charge in [0.2, 0.25) is 11.8 Å². The van der Waals surface area contributed by atoms with Crippen molar-refractivity contribution in [3.63, 3.8) is 0 Å². The SMILES string of the molecule is O=C1NC(=O)C2C1C1OC3CCCCC3OC1C1NC3CC(F)CCC3C12. The van der Waals surface area contributed by atoms with E-state index < -0.39 is 12.1 Å². The fraction of sp³-hybridized carbons (Fsp3) is 0.900. The third-order valence-electron chi connectivity index (χ3n) is 8.15. The molecule has 0 aromatic carbocycles. The Labute approximate surface area is 157 Å². The van der Waals surface area contributed by atoms with Crippen molar-refractivity contribution >= 4 is 11.8 Å². The number of alkyl halides is 1. The number of fused-ring (bicyclic) bond motifs is 9. The molecule has 0 spiro atoms. The molecule has 0 radical (unpaired) electrons. The number of rotatable bonds is 0. The molecule has 2 amide bonds. The minimum atomic E-state index is -0.782. The molecule has 3 heterocycles. The van der Waals surface area contributed by atoms with Gasteiger partial charge < -0.3 is 14.8 Å². The van der Waals surface area contributed by atoms with Crippen molar-refractivity contribution in [3.8, 4) is 0 Å². The number of amides is 2. The van der Waals surface area contributed by atoms with Crippen LogP contribution in [0.1, 0.15) is 44.9 Å². The maximum absolute atomic E-state index is 14.0. The molecular weight excluding hydrogens is 351 g/mol. The average Bonchev–Trinajstić information content (AvgIpc) is 3.17. The summed E-state index contributed by atoms with van der Waals surface area (Å²) in [6.07, 6.45) is 4.74. The van der Waals surface area contributed by atoms with Crippen LogP contribution in [-0.2, 0) is 19.1 Å². The van der Waals surface area contributed by atoms with Crippen molar-refractivity contribution in [1.29, 1.82) is 0 Å². The molecule has 11 unspecified atom stereocenters. The Morgan fingerprint density at radius 2 is 1.59 bits per heavy atom. The first-order chi connectivity index (χ1) is 13.1. The molecule has 0 aromatic heterocycles. The van der Waals surface area contributed by atoms with E-state index in [0.29, 0.717) is 12.8 Å². The quantitative estimate of drug-likeness (QED) is 0.617. The molecule has 6 rings (SSSR count). The van der Waals surface area contributed by atoms with E-state index in [4.69, 9.17) is 9.47 Å². The van der Waals surface area contributed by atoms with E-state index in [1.54, 1.807) is 0 Å². The fourth-order valence-electron chi connectivity index (χ4n) is 7.12. The summed E-state index contributed by atoms with van der Waals surface area (Å²) in [6.45, 7) is 0. The van der Waals surface area contributed by atoms with E-state index >= 15 is 0 Å². The minimum Gasteiger partial charge on any atom is -0.369 e. The first-order valence-corrected chi connectivity index (χ1v) is 10.7. The first kappa shape index (κ1) is 16.9.